The zero-order chi connectivity index (χ0) is 11.4. The van der Waals surface area contributed by atoms with Crippen LogP contribution in [0.2, 0.25) is 0 Å². The molecule has 0 heterocycles. The van der Waals surface area contributed by atoms with Gasteiger partial charge in [0.25, 0.3) is 0 Å². The van der Waals surface area contributed by atoms with Gasteiger partial charge in [-0.05, 0) is 38.8 Å². The maximum Gasteiger partial charge on any atom is 0.0662 e. The number of aryl methyl sites for hydroxylation is 1. The van der Waals surface area contributed by atoms with Crippen molar-refractivity contribution in [1.29, 1.82) is 0 Å². The van der Waals surface area contributed by atoms with Crippen molar-refractivity contribution >= 4 is 0 Å². The molecule has 0 saturated carbocycles. The van der Waals surface area contributed by atoms with Crippen LogP contribution in [0.15, 0.2) is 24.3 Å². The molecule has 0 radical (unpaired) electrons. The van der Waals surface area contributed by atoms with E-state index in [-0.39, 0.29) is 18.2 Å². The van der Waals surface area contributed by atoms with Crippen LogP contribution in [0.4, 0.5) is 0 Å². The summed E-state index contributed by atoms with van der Waals surface area (Å²) in [5.74, 6) is 0. The highest BCUT2D eigenvalue weighted by Gasteiger charge is 2.13. The van der Waals surface area contributed by atoms with Crippen LogP contribution in [0.3, 0.4) is 0 Å². The summed E-state index contributed by atoms with van der Waals surface area (Å²) in [4.78, 5) is 0. The minimum absolute atomic E-state index is 0.111. The largest absolute Gasteiger partial charge is 0.392 e. The van der Waals surface area contributed by atoms with Gasteiger partial charge in [0.05, 0.1) is 6.10 Å². The van der Waals surface area contributed by atoms with Crippen molar-refractivity contribution in [2.75, 3.05) is 0 Å². The summed E-state index contributed by atoms with van der Waals surface area (Å²) in [7, 11) is 0. The minimum atomic E-state index is -0.323. The van der Waals surface area contributed by atoms with Crippen LogP contribution in [-0.4, -0.2) is 17.3 Å². The normalized spacial score (nSPS) is 17.1. The third-order valence-corrected chi connectivity index (χ3v) is 2.89. The van der Waals surface area contributed by atoms with Crippen LogP contribution < -0.4 is 5.32 Å². The van der Waals surface area contributed by atoms with E-state index in [1.165, 1.54) is 11.1 Å². The predicted molar refractivity (Wildman–Crippen MR) is 63.9 cm³/mol. The van der Waals surface area contributed by atoms with Gasteiger partial charge in [-0.25, -0.2) is 0 Å². The lowest BCUT2D eigenvalue weighted by Gasteiger charge is -2.23. The number of benzene rings is 1. The molecule has 1 rings (SSSR count). The molecule has 0 aliphatic heterocycles. The van der Waals surface area contributed by atoms with Crippen molar-refractivity contribution in [3.05, 3.63) is 35.4 Å². The van der Waals surface area contributed by atoms with Gasteiger partial charge in [-0.15, -0.1) is 0 Å². The molecule has 3 unspecified atom stereocenters. The fourth-order valence-corrected chi connectivity index (χ4v) is 1.70. The average molecular weight is 207 g/mol. The Morgan fingerprint density at radius 3 is 2.27 bits per heavy atom. The first-order valence-electron chi connectivity index (χ1n) is 5.52. The molecule has 2 nitrogen and oxygen atoms in total. The molecule has 3 atom stereocenters. The third-order valence-electron chi connectivity index (χ3n) is 2.89. The molecule has 0 aromatic heterocycles. The Bertz CT molecular complexity index is 309. The molecule has 84 valence electrons. The summed E-state index contributed by atoms with van der Waals surface area (Å²) in [5, 5.41) is 12.8. The van der Waals surface area contributed by atoms with Crippen LogP contribution in [0.25, 0.3) is 0 Å². The van der Waals surface area contributed by atoms with Crippen LogP contribution in [0, 0.1) is 6.92 Å². The summed E-state index contributed by atoms with van der Waals surface area (Å²) in [6.45, 7) is 8.05. The maximum absolute atomic E-state index is 9.42. The Hall–Kier alpha value is -0.860. The number of rotatable bonds is 4. The fourth-order valence-electron chi connectivity index (χ4n) is 1.70. The number of aliphatic hydroxyl groups excluding tert-OH is 1. The van der Waals surface area contributed by atoms with Gasteiger partial charge >= 0.3 is 0 Å². The van der Waals surface area contributed by atoms with Gasteiger partial charge in [0, 0.05) is 12.1 Å². The molecule has 2 heteroatoms. The Balaban J connectivity index is 2.69. The number of hydrogen-bond donors (Lipinski definition) is 2. The summed E-state index contributed by atoms with van der Waals surface area (Å²) in [6.07, 6.45) is -0.323. The fraction of sp³-hybridized carbons (Fsp3) is 0.538. The zero-order valence-corrected chi connectivity index (χ0v) is 9.99. The van der Waals surface area contributed by atoms with E-state index in [1.54, 1.807) is 0 Å². The lowest BCUT2D eigenvalue weighted by molar-refractivity contribution is 0.147. The summed E-state index contributed by atoms with van der Waals surface area (Å²) in [5.41, 5.74) is 2.58. The molecule has 1 aromatic carbocycles. The number of hydrogen-bond acceptors (Lipinski definition) is 2. The monoisotopic (exact) mass is 207 g/mol. The molecule has 0 bridgehead atoms. The van der Waals surface area contributed by atoms with Crippen LogP contribution in [-0.2, 0) is 0 Å². The lowest BCUT2D eigenvalue weighted by atomic mass is 10.0. The van der Waals surface area contributed by atoms with Crippen molar-refractivity contribution in [2.24, 2.45) is 0 Å². The van der Waals surface area contributed by atoms with E-state index >= 15 is 0 Å². The van der Waals surface area contributed by atoms with E-state index in [2.05, 4.69) is 31.3 Å². The van der Waals surface area contributed by atoms with Crippen molar-refractivity contribution in [3.8, 4) is 0 Å². The summed E-state index contributed by atoms with van der Waals surface area (Å²) < 4.78 is 0. The Kier molecular flexibility index (Phi) is 4.30. The molecular formula is C13H21NO. The Labute approximate surface area is 92.3 Å². The molecule has 0 spiro atoms. The van der Waals surface area contributed by atoms with Crippen LogP contribution >= 0.6 is 0 Å². The van der Waals surface area contributed by atoms with Gasteiger partial charge in [0.15, 0.2) is 0 Å². The third kappa shape index (κ3) is 3.33. The van der Waals surface area contributed by atoms with Gasteiger partial charge < -0.3 is 10.4 Å². The SMILES string of the molecule is Cc1ccccc1C(C)NC(C)C(C)O. The molecule has 0 amide bonds. The topological polar surface area (TPSA) is 32.3 Å². The van der Waals surface area contributed by atoms with Crippen LogP contribution in [0.5, 0.6) is 0 Å². The van der Waals surface area contributed by atoms with Crippen molar-refractivity contribution in [2.45, 2.75) is 45.9 Å². The van der Waals surface area contributed by atoms with Crippen molar-refractivity contribution < 1.29 is 5.11 Å². The highest BCUT2D eigenvalue weighted by molar-refractivity contribution is 5.28. The molecule has 1 aromatic rings. The maximum atomic E-state index is 9.42. The Morgan fingerprint density at radius 1 is 1.13 bits per heavy atom. The molecule has 15 heavy (non-hydrogen) atoms. The number of nitrogens with one attached hydrogen (secondary N) is 1. The van der Waals surface area contributed by atoms with E-state index in [4.69, 9.17) is 0 Å². The average Bonchev–Trinajstić information content (AvgIpc) is 2.18. The number of aliphatic hydroxyl groups is 1. The van der Waals surface area contributed by atoms with E-state index in [0.29, 0.717) is 0 Å². The minimum Gasteiger partial charge on any atom is -0.392 e. The predicted octanol–water partition coefficient (Wildman–Crippen LogP) is 2.41. The van der Waals surface area contributed by atoms with Gasteiger partial charge in [0.2, 0.25) is 0 Å². The van der Waals surface area contributed by atoms with E-state index in [9.17, 15) is 5.11 Å². The second kappa shape index (κ2) is 5.29. The highest BCUT2D eigenvalue weighted by atomic mass is 16.3. The second-order valence-electron chi connectivity index (χ2n) is 4.27. The first-order chi connectivity index (χ1) is 7.02. The van der Waals surface area contributed by atoms with E-state index < -0.39 is 0 Å². The van der Waals surface area contributed by atoms with Gasteiger partial charge in [-0.3, -0.25) is 0 Å². The van der Waals surface area contributed by atoms with Crippen molar-refractivity contribution in [3.63, 3.8) is 0 Å². The van der Waals surface area contributed by atoms with Crippen molar-refractivity contribution in [1.82, 2.24) is 5.32 Å². The first-order valence-corrected chi connectivity index (χ1v) is 5.52. The first kappa shape index (κ1) is 12.2. The zero-order valence-electron chi connectivity index (χ0n) is 9.99. The molecule has 0 saturated heterocycles. The lowest BCUT2D eigenvalue weighted by Crippen LogP contribution is -2.37. The summed E-state index contributed by atoms with van der Waals surface area (Å²) >= 11 is 0. The van der Waals surface area contributed by atoms with E-state index in [0.717, 1.165) is 0 Å². The molecular weight excluding hydrogens is 186 g/mol. The quantitative estimate of drug-likeness (QED) is 0.794. The molecule has 2 N–H and O–H groups in total. The Morgan fingerprint density at radius 2 is 1.73 bits per heavy atom. The smallest absolute Gasteiger partial charge is 0.0662 e. The van der Waals surface area contributed by atoms with Gasteiger partial charge in [-0.1, -0.05) is 24.3 Å². The highest BCUT2D eigenvalue weighted by Crippen LogP contribution is 2.17. The van der Waals surface area contributed by atoms with Gasteiger partial charge in [-0.2, -0.15) is 0 Å². The molecule has 0 fully saturated rings. The van der Waals surface area contributed by atoms with Crippen LogP contribution in [0.1, 0.15) is 37.9 Å². The molecule has 0 aliphatic rings. The summed E-state index contributed by atoms with van der Waals surface area (Å²) in [6, 6.07) is 8.72. The second-order valence-corrected chi connectivity index (χ2v) is 4.27. The van der Waals surface area contributed by atoms with Gasteiger partial charge in [0.1, 0.15) is 0 Å². The molecule has 0 aliphatic carbocycles. The standard InChI is InChI=1S/C13H21NO/c1-9-7-5-6-8-13(9)11(3)14-10(2)12(4)15/h5-8,10-12,14-15H,1-4H3. The van der Waals surface area contributed by atoms with E-state index in [1.807, 2.05) is 26.0 Å².